The van der Waals surface area contributed by atoms with Crippen LogP contribution in [-0.2, 0) is 21.7 Å². The van der Waals surface area contributed by atoms with Crippen molar-refractivity contribution in [2.24, 2.45) is 0 Å². The average molecular weight is 520 g/mol. The molecule has 0 bridgehead atoms. The number of rotatable bonds is 5. The van der Waals surface area contributed by atoms with Gasteiger partial charge in [-0.1, -0.05) is 35.3 Å². The predicted molar refractivity (Wildman–Crippen MR) is 115 cm³/mol. The number of carbonyl (C=O) groups is 2. The van der Waals surface area contributed by atoms with Gasteiger partial charge in [-0.2, -0.15) is 13.2 Å². The summed E-state index contributed by atoms with van der Waals surface area (Å²) in [7, 11) is 0. The number of alkyl halides is 4. The number of nitrogens with zero attached hydrogens (tertiary/aromatic N) is 1. The lowest BCUT2D eigenvalue weighted by Gasteiger charge is -2.47. The molecule has 2 aromatic carbocycles. The van der Waals surface area contributed by atoms with Crippen molar-refractivity contribution >= 4 is 40.5 Å². The maximum atomic E-state index is 13.7. The second-order valence-electron chi connectivity index (χ2n) is 8.02. The highest BCUT2D eigenvalue weighted by atomic mass is 35.5. The minimum atomic E-state index is -4.94. The van der Waals surface area contributed by atoms with Gasteiger partial charge in [0.25, 0.3) is 0 Å². The van der Waals surface area contributed by atoms with Crippen molar-refractivity contribution in [1.29, 1.82) is 0 Å². The molecule has 0 saturated carbocycles. The SMILES string of the molecule is O=C(/C=C(/c1cc(Cl)c(F)c(Cl)c1)C(F)(F)F)c1ccc2c(c1)COC21CN(C(=O)CCF)C1. The Bertz CT molecular complexity index is 1180. The number of carbonyl (C=O) groups excluding carboxylic acids is 2. The maximum Gasteiger partial charge on any atom is 0.417 e. The van der Waals surface area contributed by atoms with Gasteiger partial charge in [-0.15, -0.1) is 0 Å². The van der Waals surface area contributed by atoms with Crippen molar-refractivity contribution in [1.82, 2.24) is 4.90 Å². The van der Waals surface area contributed by atoms with Crippen LogP contribution < -0.4 is 0 Å². The van der Waals surface area contributed by atoms with Gasteiger partial charge < -0.3 is 9.64 Å². The maximum absolute atomic E-state index is 13.7. The molecule has 180 valence electrons. The number of hydrogen-bond acceptors (Lipinski definition) is 3. The first-order valence-electron chi connectivity index (χ1n) is 10.0. The molecule has 1 spiro atoms. The van der Waals surface area contributed by atoms with E-state index in [1.807, 2.05) is 0 Å². The summed E-state index contributed by atoms with van der Waals surface area (Å²) in [5.74, 6) is -2.32. The van der Waals surface area contributed by atoms with E-state index in [9.17, 15) is 31.5 Å². The highest BCUT2D eigenvalue weighted by Crippen LogP contribution is 2.44. The van der Waals surface area contributed by atoms with Gasteiger partial charge in [0.1, 0.15) is 5.60 Å². The number of halogens is 7. The summed E-state index contributed by atoms with van der Waals surface area (Å²) in [5, 5.41) is -1.21. The fraction of sp³-hybridized carbons (Fsp3) is 0.304. The molecular formula is C23H16Cl2F5NO3. The van der Waals surface area contributed by atoms with Crippen molar-refractivity contribution < 1.29 is 36.3 Å². The quantitative estimate of drug-likeness (QED) is 0.214. The Morgan fingerprint density at radius 1 is 1.09 bits per heavy atom. The van der Waals surface area contributed by atoms with Crippen molar-refractivity contribution in [3.05, 3.63) is 74.5 Å². The van der Waals surface area contributed by atoms with Gasteiger partial charge >= 0.3 is 6.18 Å². The summed E-state index contributed by atoms with van der Waals surface area (Å²) in [6.07, 6.45) is -4.74. The normalized spacial score (nSPS) is 17.0. The van der Waals surface area contributed by atoms with Gasteiger partial charge in [0, 0.05) is 5.56 Å². The molecule has 0 atom stereocenters. The van der Waals surface area contributed by atoms with Crippen LogP contribution in [0, 0.1) is 5.82 Å². The van der Waals surface area contributed by atoms with E-state index >= 15 is 0 Å². The lowest BCUT2D eigenvalue weighted by molar-refractivity contribution is -0.168. The summed E-state index contributed by atoms with van der Waals surface area (Å²) in [6, 6.07) is 5.90. The van der Waals surface area contributed by atoms with Crippen LogP contribution in [0.5, 0.6) is 0 Å². The largest absolute Gasteiger partial charge is 0.417 e. The zero-order chi connectivity index (χ0) is 24.8. The Morgan fingerprint density at radius 2 is 1.74 bits per heavy atom. The summed E-state index contributed by atoms with van der Waals surface area (Å²) in [4.78, 5) is 26.0. The minimum absolute atomic E-state index is 0.00913. The van der Waals surface area contributed by atoms with Gasteiger partial charge in [-0.25, -0.2) is 4.39 Å². The molecule has 34 heavy (non-hydrogen) atoms. The number of amides is 1. The van der Waals surface area contributed by atoms with E-state index in [1.165, 1.54) is 17.0 Å². The van der Waals surface area contributed by atoms with E-state index in [0.717, 1.165) is 17.7 Å². The van der Waals surface area contributed by atoms with Crippen LogP contribution >= 0.6 is 23.2 Å². The number of ether oxygens (including phenoxy) is 1. The van der Waals surface area contributed by atoms with Gasteiger partial charge in [-0.05, 0) is 41.0 Å². The van der Waals surface area contributed by atoms with Crippen LogP contribution in [0.15, 0.2) is 36.4 Å². The van der Waals surface area contributed by atoms with Crippen molar-refractivity contribution in [3.8, 4) is 0 Å². The molecule has 2 aliphatic heterocycles. The Kier molecular flexibility index (Phi) is 6.48. The molecule has 1 saturated heterocycles. The van der Waals surface area contributed by atoms with Crippen molar-refractivity contribution in [2.75, 3.05) is 19.8 Å². The van der Waals surface area contributed by atoms with E-state index in [0.29, 0.717) is 11.6 Å². The molecule has 1 fully saturated rings. The molecule has 4 nitrogen and oxygen atoms in total. The molecule has 0 unspecified atom stereocenters. The molecule has 2 aliphatic rings. The zero-order valence-corrected chi connectivity index (χ0v) is 18.8. The average Bonchev–Trinajstić information content (AvgIpc) is 3.12. The minimum Gasteiger partial charge on any atom is -0.362 e. The molecular weight excluding hydrogens is 504 g/mol. The van der Waals surface area contributed by atoms with E-state index in [-0.39, 0.29) is 37.6 Å². The topological polar surface area (TPSA) is 46.6 Å². The van der Waals surface area contributed by atoms with E-state index in [2.05, 4.69) is 0 Å². The second-order valence-corrected chi connectivity index (χ2v) is 8.83. The third kappa shape index (κ3) is 4.44. The molecule has 4 rings (SSSR count). The van der Waals surface area contributed by atoms with E-state index < -0.39 is 51.2 Å². The number of likely N-dealkylation sites (tertiary alicyclic amines) is 1. The molecule has 0 N–H and O–H groups in total. The number of ketones is 1. The van der Waals surface area contributed by atoms with E-state index in [1.54, 1.807) is 6.07 Å². The van der Waals surface area contributed by atoms with Crippen molar-refractivity contribution in [3.63, 3.8) is 0 Å². The molecule has 11 heteroatoms. The molecule has 2 aromatic rings. The summed E-state index contributed by atoms with van der Waals surface area (Å²) >= 11 is 11.3. The second kappa shape index (κ2) is 8.94. The monoisotopic (exact) mass is 519 g/mol. The van der Waals surface area contributed by atoms with Gasteiger partial charge in [0.05, 0.1) is 48.4 Å². The van der Waals surface area contributed by atoms with Crippen molar-refractivity contribution in [2.45, 2.75) is 24.8 Å². The van der Waals surface area contributed by atoms with Crippen LogP contribution in [-0.4, -0.2) is 42.5 Å². The fourth-order valence-corrected chi connectivity index (χ4v) is 4.59. The van der Waals surface area contributed by atoms with Crippen LogP contribution in [0.3, 0.4) is 0 Å². The lowest BCUT2D eigenvalue weighted by atomic mass is 9.84. The van der Waals surface area contributed by atoms with Crippen LogP contribution in [0.1, 0.15) is 33.5 Å². The zero-order valence-electron chi connectivity index (χ0n) is 17.3. The Morgan fingerprint density at radius 3 is 2.32 bits per heavy atom. The molecule has 0 aliphatic carbocycles. The third-order valence-electron chi connectivity index (χ3n) is 5.81. The molecule has 0 radical (unpaired) electrons. The Labute approximate surface area is 200 Å². The highest BCUT2D eigenvalue weighted by molar-refractivity contribution is 6.35. The highest BCUT2D eigenvalue weighted by Gasteiger charge is 2.51. The lowest BCUT2D eigenvalue weighted by Crippen LogP contribution is -2.61. The number of hydrogen-bond donors (Lipinski definition) is 0. The van der Waals surface area contributed by atoms with E-state index in [4.69, 9.17) is 27.9 Å². The number of fused-ring (bicyclic) bond motifs is 2. The number of benzene rings is 2. The first-order valence-corrected chi connectivity index (χ1v) is 10.8. The van der Waals surface area contributed by atoms with Crippen LogP contribution in [0.25, 0.3) is 5.57 Å². The summed E-state index contributed by atoms with van der Waals surface area (Å²) in [6.45, 7) is -0.178. The Balaban J connectivity index is 1.61. The fourth-order valence-electron chi connectivity index (χ4n) is 4.11. The summed E-state index contributed by atoms with van der Waals surface area (Å²) in [5.41, 5.74) is -1.31. The van der Waals surface area contributed by atoms with Crippen LogP contribution in [0.4, 0.5) is 22.0 Å². The summed E-state index contributed by atoms with van der Waals surface area (Å²) < 4.78 is 73.0. The standard InChI is InChI=1S/C23H16Cl2F5NO3/c24-17-6-13(7-18(25)21(17)27)16(23(28,29)30)8-19(32)12-1-2-15-14(5-12)9-34-22(15)10-31(11-22)20(33)3-4-26/h1-2,5-8H,3-4,9-11H2/b16-8-. The number of allylic oxidation sites excluding steroid dienone is 2. The first kappa shape index (κ1) is 24.6. The predicted octanol–water partition coefficient (Wildman–Crippen LogP) is 5.89. The van der Waals surface area contributed by atoms with Gasteiger partial charge in [-0.3, -0.25) is 14.0 Å². The van der Waals surface area contributed by atoms with Gasteiger partial charge in [0.2, 0.25) is 5.91 Å². The Hall–Kier alpha value is -2.49. The first-order chi connectivity index (χ1) is 15.9. The third-order valence-corrected chi connectivity index (χ3v) is 6.36. The molecule has 1 amide bonds. The van der Waals surface area contributed by atoms with Crippen LogP contribution in [0.2, 0.25) is 10.0 Å². The molecule has 2 heterocycles. The smallest absolute Gasteiger partial charge is 0.362 e. The van der Waals surface area contributed by atoms with Gasteiger partial charge in [0.15, 0.2) is 11.6 Å². The molecule has 0 aromatic heterocycles.